The molecule has 0 radical (unpaired) electrons. The van der Waals surface area contributed by atoms with E-state index in [4.69, 9.17) is 4.74 Å². The van der Waals surface area contributed by atoms with Gasteiger partial charge in [0.25, 0.3) is 5.91 Å². The summed E-state index contributed by atoms with van der Waals surface area (Å²) in [5.74, 6) is -0.247. The summed E-state index contributed by atoms with van der Waals surface area (Å²) in [5.41, 5.74) is 0.0435. The molecule has 152 valence electrons. The van der Waals surface area contributed by atoms with Gasteiger partial charge < -0.3 is 20.3 Å². The van der Waals surface area contributed by atoms with Gasteiger partial charge in [0.1, 0.15) is 5.54 Å². The van der Waals surface area contributed by atoms with E-state index in [2.05, 4.69) is 21.6 Å². The highest BCUT2D eigenvalue weighted by Crippen LogP contribution is 2.22. The predicted octanol–water partition coefficient (Wildman–Crippen LogP) is 2.43. The van der Waals surface area contributed by atoms with Crippen LogP contribution >= 0.6 is 0 Å². The molecule has 0 saturated carbocycles. The highest BCUT2D eigenvalue weighted by Gasteiger charge is 2.38. The summed E-state index contributed by atoms with van der Waals surface area (Å²) < 4.78 is 5.42. The number of rotatable bonds is 7. The van der Waals surface area contributed by atoms with Crippen molar-refractivity contribution in [1.29, 1.82) is 5.26 Å². The Kier molecular flexibility index (Phi) is 7.82. The minimum Gasteiger partial charge on any atom is -0.436 e. The second-order valence-electron chi connectivity index (χ2n) is 7.85. The summed E-state index contributed by atoms with van der Waals surface area (Å²) in [6, 6.07) is 11.7. The van der Waals surface area contributed by atoms with Gasteiger partial charge in [0.05, 0.1) is 6.07 Å². The fraction of sp³-hybridized carbons (Fsp3) is 0.571. The first-order chi connectivity index (χ1) is 13.3. The lowest BCUT2D eigenvalue weighted by atomic mass is 9.88. The van der Waals surface area contributed by atoms with Gasteiger partial charge in [-0.15, -0.1) is 0 Å². The molecule has 1 heterocycles. The lowest BCUT2D eigenvalue weighted by Gasteiger charge is -2.36. The largest absolute Gasteiger partial charge is 0.436 e. The zero-order valence-electron chi connectivity index (χ0n) is 16.9. The Hall–Kier alpha value is -2.59. The Morgan fingerprint density at radius 2 is 1.89 bits per heavy atom. The van der Waals surface area contributed by atoms with Gasteiger partial charge in [0.15, 0.2) is 6.10 Å². The van der Waals surface area contributed by atoms with Crippen LogP contribution in [0.15, 0.2) is 30.3 Å². The molecule has 1 saturated heterocycles. The smallest absolute Gasteiger partial charge is 0.408 e. The molecule has 0 aromatic heterocycles. The van der Waals surface area contributed by atoms with Crippen molar-refractivity contribution < 1.29 is 14.3 Å². The first-order valence-electron chi connectivity index (χ1n) is 9.74. The zero-order chi connectivity index (χ0) is 20.6. The second kappa shape index (κ2) is 10.1. The van der Waals surface area contributed by atoms with Crippen molar-refractivity contribution in [1.82, 2.24) is 15.5 Å². The standard InChI is InChI=1S/C21H30N4O3/c1-16(2)13-18(28-20(27)23-14-17-7-5-4-6-8-17)19(26)24-21(15-22)9-11-25(3)12-10-21/h4-8,16,18H,9-14H2,1-3H3,(H,23,27)(H,24,26). The molecule has 1 aliphatic heterocycles. The van der Waals surface area contributed by atoms with Crippen LogP contribution in [0.5, 0.6) is 0 Å². The van der Waals surface area contributed by atoms with E-state index in [0.29, 0.717) is 25.8 Å². The van der Waals surface area contributed by atoms with E-state index in [1.54, 1.807) is 0 Å². The van der Waals surface area contributed by atoms with E-state index in [1.165, 1.54) is 0 Å². The van der Waals surface area contributed by atoms with Crippen LogP contribution in [0.25, 0.3) is 0 Å². The van der Waals surface area contributed by atoms with E-state index in [1.807, 2.05) is 51.2 Å². The molecule has 2 rings (SSSR count). The number of alkyl carbamates (subject to hydrolysis) is 1. The second-order valence-corrected chi connectivity index (χ2v) is 7.85. The Labute approximate surface area is 167 Å². The number of nitrogens with one attached hydrogen (secondary N) is 2. The van der Waals surface area contributed by atoms with Crippen molar-refractivity contribution in [2.45, 2.75) is 51.3 Å². The fourth-order valence-electron chi connectivity index (χ4n) is 3.16. The summed E-state index contributed by atoms with van der Waals surface area (Å²) in [5, 5.41) is 15.2. The molecule has 1 aliphatic rings. The highest BCUT2D eigenvalue weighted by molar-refractivity contribution is 5.84. The van der Waals surface area contributed by atoms with Crippen molar-refractivity contribution >= 4 is 12.0 Å². The topological polar surface area (TPSA) is 94.5 Å². The number of ether oxygens (including phenoxy) is 1. The summed E-state index contributed by atoms with van der Waals surface area (Å²) in [6.07, 6.45) is -0.0631. The van der Waals surface area contributed by atoms with Crippen molar-refractivity contribution in [2.24, 2.45) is 5.92 Å². The molecule has 1 atom stereocenters. The number of hydrogen-bond acceptors (Lipinski definition) is 5. The van der Waals surface area contributed by atoms with Crippen LogP contribution in [0.2, 0.25) is 0 Å². The number of benzene rings is 1. The van der Waals surface area contributed by atoms with Gasteiger partial charge in [-0.2, -0.15) is 5.26 Å². The van der Waals surface area contributed by atoms with E-state index in [9.17, 15) is 14.9 Å². The van der Waals surface area contributed by atoms with Crippen molar-refractivity contribution in [3.05, 3.63) is 35.9 Å². The lowest BCUT2D eigenvalue weighted by Crippen LogP contribution is -2.56. The number of nitrogens with zero attached hydrogens (tertiary/aromatic N) is 2. The molecule has 1 fully saturated rings. The molecule has 7 nitrogen and oxygen atoms in total. The van der Waals surface area contributed by atoms with Gasteiger partial charge in [-0.3, -0.25) is 4.79 Å². The number of carbonyl (C=O) groups is 2. The van der Waals surface area contributed by atoms with Crippen LogP contribution in [0.4, 0.5) is 4.79 Å². The molecule has 0 spiro atoms. The average molecular weight is 386 g/mol. The maximum Gasteiger partial charge on any atom is 0.408 e. The third kappa shape index (κ3) is 6.54. The third-order valence-electron chi connectivity index (χ3n) is 4.92. The highest BCUT2D eigenvalue weighted by atomic mass is 16.6. The van der Waals surface area contributed by atoms with E-state index in [-0.39, 0.29) is 5.92 Å². The fourth-order valence-corrected chi connectivity index (χ4v) is 3.16. The zero-order valence-corrected chi connectivity index (χ0v) is 16.9. The average Bonchev–Trinajstić information content (AvgIpc) is 2.68. The molecule has 2 amide bonds. The van der Waals surface area contributed by atoms with Crippen molar-refractivity contribution in [3.8, 4) is 6.07 Å². The SMILES string of the molecule is CC(C)CC(OC(=O)NCc1ccccc1)C(=O)NC1(C#N)CCN(C)CC1. The van der Waals surface area contributed by atoms with Gasteiger partial charge in [-0.05, 0) is 37.8 Å². The van der Waals surface area contributed by atoms with E-state index >= 15 is 0 Å². The molecule has 1 aromatic carbocycles. The van der Waals surface area contributed by atoms with Gasteiger partial charge in [0, 0.05) is 19.6 Å². The Balaban J connectivity index is 1.96. The summed E-state index contributed by atoms with van der Waals surface area (Å²) in [7, 11) is 1.99. The number of amides is 2. The monoisotopic (exact) mass is 386 g/mol. The van der Waals surface area contributed by atoms with Crippen LogP contribution < -0.4 is 10.6 Å². The minimum absolute atomic E-state index is 0.160. The minimum atomic E-state index is -0.930. The van der Waals surface area contributed by atoms with Crippen LogP contribution in [0.3, 0.4) is 0 Å². The van der Waals surface area contributed by atoms with Crippen LogP contribution in [0.1, 0.15) is 38.7 Å². The first kappa shape index (κ1) is 21.7. The first-order valence-corrected chi connectivity index (χ1v) is 9.74. The van der Waals surface area contributed by atoms with Gasteiger partial charge in [-0.1, -0.05) is 44.2 Å². The lowest BCUT2D eigenvalue weighted by molar-refractivity contribution is -0.132. The van der Waals surface area contributed by atoms with Crippen molar-refractivity contribution in [2.75, 3.05) is 20.1 Å². The molecule has 7 heteroatoms. The molecule has 2 N–H and O–H groups in total. The number of carbonyl (C=O) groups excluding carboxylic acids is 2. The molecular weight excluding hydrogens is 356 g/mol. The van der Waals surface area contributed by atoms with Gasteiger partial charge >= 0.3 is 6.09 Å². The number of piperidine rings is 1. The maximum absolute atomic E-state index is 12.8. The quantitative estimate of drug-likeness (QED) is 0.751. The summed E-state index contributed by atoms with van der Waals surface area (Å²) in [6.45, 7) is 5.72. The van der Waals surface area contributed by atoms with Crippen LogP contribution in [0, 0.1) is 17.2 Å². The van der Waals surface area contributed by atoms with Crippen molar-refractivity contribution in [3.63, 3.8) is 0 Å². The van der Waals surface area contributed by atoms with E-state index < -0.39 is 23.6 Å². The van der Waals surface area contributed by atoms with Gasteiger partial charge in [-0.25, -0.2) is 4.79 Å². The maximum atomic E-state index is 12.8. The number of likely N-dealkylation sites (tertiary alicyclic amines) is 1. The molecule has 0 aliphatic carbocycles. The summed E-state index contributed by atoms with van der Waals surface area (Å²) in [4.78, 5) is 27.2. The molecule has 0 bridgehead atoms. The molecular formula is C21H30N4O3. The third-order valence-corrected chi connectivity index (χ3v) is 4.92. The number of hydrogen-bond donors (Lipinski definition) is 2. The van der Waals surface area contributed by atoms with E-state index in [0.717, 1.165) is 18.7 Å². The van der Waals surface area contributed by atoms with Gasteiger partial charge in [0.2, 0.25) is 0 Å². The summed E-state index contributed by atoms with van der Waals surface area (Å²) >= 11 is 0. The molecule has 1 unspecified atom stereocenters. The van der Waals surface area contributed by atoms with Crippen LogP contribution in [-0.4, -0.2) is 48.7 Å². The molecule has 1 aromatic rings. The molecule has 28 heavy (non-hydrogen) atoms. The Bertz CT molecular complexity index is 691. The predicted molar refractivity (Wildman–Crippen MR) is 106 cm³/mol. The Morgan fingerprint density at radius 3 is 2.46 bits per heavy atom. The number of nitriles is 1. The van der Waals surface area contributed by atoms with Crippen LogP contribution in [-0.2, 0) is 16.1 Å². The Morgan fingerprint density at radius 1 is 1.25 bits per heavy atom. The normalized spacial score (nSPS) is 17.4.